The molecule has 0 unspecified atom stereocenters. The lowest BCUT2D eigenvalue weighted by Gasteiger charge is -2.29. The minimum atomic E-state index is -3.31. The molecule has 0 atom stereocenters. The highest BCUT2D eigenvalue weighted by molar-refractivity contribution is 7.86. The largest absolute Gasteiger partial charge is 0.281 e. The third kappa shape index (κ3) is 1.96. The Labute approximate surface area is 107 Å². The Bertz CT molecular complexity index is 560. The molecule has 6 nitrogen and oxygen atoms in total. The van der Waals surface area contributed by atoms with Crippen LogP contribution in [0.5, 0.6) is 0 Å². The first kappa shape index (κ1) is 12.1. The molecule has 0 saturated heterocycles. The van der Waals surface area contributed by atoms with Crippen LogP contribution in [0.4, 0.5) is 0 Å². The first-order valence-electron chi connectivity index (χ1n) is 6.22. The van der Waals surface area contributed by atoms with Crippen LogP contribution in [-0.2, 0) is 23.3 Å². The Hall–Kier alpha value is -0.920. The van der Waals surface area contributed by atoms with Crippen LogP contribution in [0, 0.1) is 0 Å². The van der Waals surface area contributed by atoms with Gasteiger partial charge in [-0.25, -0.2) is 0 Å². The molecule has 0 radical (unpaired) electrons. The highest BCUT2D eigenvalue weighted by Gasteiger charge is 2.32. The number of fused-ring (bicyclic) bond motifs is 1. The Morgan fingerprint density at radius 1 is 1.33 bits per heavy atom. The Kier molecular flexibility index (Phi) is 2.72. The Morgan fingerprint density at radius 2 is 2.06 bits per heavy atom. The second-order valence-corrected chi connectivity index (χ2v) is 7.32. The van der Waals surface area contributed by atoms with Crippen LogP contribution in [0.3, 0.4) is 0 Å². The van der Waals surface area contributed by atoms with Gasteiger partial charge >= 0.3 is 0 Å². The van der Waals surface area contributed by atoms with Gasteiger partial charge in [-0.3, -0.25) is 4.68 Å². The molecule has 0 amide bonds. The third-order valence-electron chi connectivity index (χ3n) is 3.57. The number of rotatable bonds is 3. The molecule has 0 N–H and O–H groups in total. The van der Waals surface area contributed by atoms with Crippen molar-refractivity contribution in [2.45, 2.75) is 31.8 Å². The van der Waals surface area contributed by atoms with E-state index in [2.05, 4.69) is 11.2 Å². The van der Waals surface area contributed by atoms with Gasteiger partial charge in [0.1, 0.15) is 0 Å². The van der Waals surface area contributed by atoms with Crippen LogP contribution in [0.25, 0.3) is 0 Å². The highest BCUT2D eigenvalue weighted by Crippen LogP contribution is 2.39. The highest BCUT2D eigenvalue weighted by atomic mass is 32.2. The first-order valence-corrected chi connectivity index (χ1v) is 7.62. The van der Waals surface area contributed by atoms with E-state index >= 15 is 0 Å². The maximum Gasteiger partial charge on any atom is 0.281 e. The molecule has 1 fully saturated rings. The fourth-order valence-electron chi connectivity index (χ4n) is 2.27. The minimum absolute atomic E-state index is 0.431. The van der Waals surface area contributed by atoms with Gasteiger partial charge < -0.3 is 0 Å². The minimum Gasteiger partial charge on any atom is -0.267 e. The molecule has 18 heavy (non-hydrogen) atoms. The van der Waals surface area contributed by atoms with Crippen molar-refractivity contribution in [1.82, 2.24) is 18.4 Å². The van der Waals surface area contributed by atoms with E-state index in [1.807, 2.05) is 4.68 Å². The predicted molar refractivity (Wildman–Crippen MR) is 67.2 cm³/mol. The van der Waals surface area contributed by atoms with Gasteiger partial charge in [0.05, 0.1) is 24.5 Å². The summed E-state index contributed by atoms with van der Waals surface area (Å²) in [4.78, 5) is 0. The van der Waals surface area contributed by atoms with E-state index in [1.54, 1.807) is 14.1 Å². The zero-order valence-electron chi connectivity index (χ0n) is 10.7. The van der Waals surface area contributed by atoms with Gasteiger partial charge in [0.25, 0.3) is 10.2 Å². The molecular weight excluding hydrogens is 252 g/mol. The topological polar surface area (TPSA) is 58.4 Å². The molecule has 7 heteroatoms. The zero-order valence-corrected chi connectivity index (χ0v) is 11.5. The molecule has 0 aromatic carbocycles. The molecule has 1 aliphatic carbocycles. The summed E-state index contributed by atoms with van der Waals surface area (Å²) in [5, 5.41) is 4.56. The lowest BCUT2D eigenvalue weighted by atomic mass is 10.2. The van der Waals surface area contributed by atoms with Gasteiger partial charge in [-0.15, -0.1) is 0 Å². The van der Waals surface area contributed by atoms with Gasteiger partial charge in [-0.2, -0.15) is 22.1 Å². The van der Waals surface area contributed by atoms with Gasteiger partial charge in [0, 0.05) is 26.6 Å². The number of hydrogen-bond acceptors (Lipinski definition) is 3. The molecule has 1 aliphatic heterocycles. The van der Waals surface area contributed by atoms with Crippen molar-refractivity contribution in [1.29, 1.82) is 0 Å². The second-order valence-electron chi connectivity index (χ2n) is 5.18. The molecular formula is C11H18N4O2S. The monoisotopic (exact) mass is 270 g/mol. The lowest BCUT2D eigenvalue weighted by molar-refractivity contribution is 0.307. The lowest BCUT2D eigenvalue weighted by Crippen LogP contribution is -2.44. The van der Waals surface area contributed by atoms with Crippen molar-refractivity contribution in [3.8, 4) is 0 Å². The Balaban J connectivity index is 1.84. The summed E-state index contributed by atoms with van der Waals surface area (Å²) >= 11 is 0. The maximum absolute atomic E-state index is 12.1. The smallest absolute Gasteiger partial charge is 0.267 e. The van der Waals surface area contributed by atoms with E-state index in [-0.39, 0.29) is 0 Å². The quantitative estimate of drug-likeness (QED) is 0.798. The van der Waals surface area contributed by atoms with E-state index in [9.17, 15) is 8.42 Å². The van der Waals surface area contributed by atoms with E-state index in [1.165, 1.54) is 21.5 Å². The van der Waals surface area contributed by atoms with Crippen molar-refractivity contribution in [3.05, 3.63) is 17.5 Å². The summed E-state index contributed by atoms with van der Waals surface area (Å²) in [6.07, 6.45) is 2.44. The average Bonchev–Trinajstić information content (AvgIpc) is 3.08. The summed E-state index contributed by atoms with van der Waals surface area (Å²) in [5.74, 6) is 0.613. The number of hydrogen-bond donors (Lipinski definition) is 0. The first-order chi connectivity index (χ1) is 8.48. The summed E-state index contributed by atoms with van der Waals surface area (Å²) in [5.41, 5.74) is 2.14. The summed E-state index contributed by atoms with van der Waals surface area (Å²) in [7, 11) is -0.180. The second kappa shape index (κ2) is 4.04. The van der Waals surface area contributed by atoms with Gasteiger partial charge in [0.2, 0.25) is 0 Å². The Morgan fingerprint density at radius 3 is 2.67 bits per heavy atom. The molecule has 1 saturated carbocycles. The normalized spacial score (nSPS) is 21.3. The van der Waals surface area contributed by atoms with Crippen LogP contribution in [0.15, 0.2) is 6.07 Å². The van der Waals surface area contributed by atoms with Gasteiger partial charge in [-0.05, 0) is 18.9 Å². The van der Waals surface area contributed by atoms with Crippen molar-refractivity contribution in [3.63, 3.8) is 0 Å². The average molecular weight is 270 g/mol. The molecule has 3 rings (SSSR count). The summed E-state index contributed by atoms with van der Waals surface area (Å²) in [6, 6.07) is 2.06. The number of nitrogens with zero attached hydrogens (tertiary/aromatic N) is 4. The summed E-state index contributed by atoms with van der Waals surface area (Å²) < 4.78 is 28.9. The molecule has 1 aromatic heterocycles. The van der Waals surface area contributed by atoms with Crippen LogP contribution in [-0.4, -0.2) is 47.4 Å². The fraction of sp³-hybridized carbons (Fsp3) is 0.727. The van der Waals surface area contributed by atoms with Crippen LogP contribution >= 0.6 is 0 Å². The summed E-state index contributed by atoms with van der Waals surface area (Å²) in [6.45, 7) is 1.58. The molecule has 2 aliphatic rings. The molecule has 2 heterocycles. The van der Waals surface area contributed by atoms with Crippen LogP contribution in [0.2, 0.25) is 0 Å². The van der Waals surface area contributed by atoms with E-state index in [0.717, 1.165) is 11.4 Å². The number of aromatic nitrogens is 2. The van der Waals surface area contributed by atoms with Crippen molar-refractivity contribution in [2.24, 2.45) is 0 Å². The standard InChI is InChI=1S/C11H18N4O2S/c1-13(2)18(16,17)14-5-6-15-10(8-14)7-11(12-15)9-3-4-9/h7,9H,3-6,8H2,1-2H3. The van der Waals surface area contributed by atoms with E-state index < -0.39 is 10.2 Å². The third-order valence-corrected chi connectivity index (χ3v) is 5.45. The SMILES string of the molecule is CN(C)S(=O)(=O)N1CCn2nc(C3CC3)cc2C1. The molecule has 0 spiro atoms. The van der Waals surface area contributed by atoms with Gasteiger partial charge in [-0.1, -0.05) is 0 Å². The molecule has 0 bridgehead atoms. The van der Waals surface area contributed by atoms with E-state index in [4.69, 9.17) is 0 Å². The zero-order chi connectivity index (χ0) is 12.9. The van der Waals surface area contributed by atoms with E-state index in [0.29, 0.717) is 25.6 Å². The van der Waals surface area contributed by atoms with Crippen molar-refractivity contribution < 1.29 is 8.42 Å². The van der Waals surface area contributed by atoms with Crippen LogP contribution in [0.1, 0.15) is 30.1 Å². The molecule has 100 valence electrons. The van der Waals surface area contributed by atoms with Gasteiger partial charge in [0.15, 0.2) is 0 Å². The predicted octanol–water partition coefficient (Wildman–Crippen LogP) is 0.382. The van der Waals surface area contributed by atoms with Crippen LogP contribution < -0.4 is 0 Å². The van der Waals surface area contributed by atoms with Crippen molar-refractivity contribution >= 4 is 10.2 Å². The maximum atomic E-state index is 12.1. The molecule has 1 aromatic rings. The van der Waals surface area contributed by atoms with Crippen molar-refractivity contribution in [2.75, 3.05) is 20.6 Å². The fourth-order valence-corrected chi connectivity index (χ4v) is 3.34.